The maximum absolute atomic E-state index is 11.9. The third-order valence-electron chi connectivity index (χ3n) is 2.26. The molecule has 7 heteroatoms. The first kappa shape index (κ1) is 16.0. The molecule has 0 aliphatic rings. The minimum atomic E-state index is -0.338. The molecule has 0 aromatic heterocycles. The number of rotatable bonds is 7. The van der Waals surface area contributed by atoms with Crippen molar-refractivity contribution in [2.75, 3.05) is 39.2 Å². The van der Waals surface area contributed by atoms with Gasteiger partial charge >= 0.3 is 0 Å². The summed E-state index contributed by atoms with van der Waals surface area (Å²) in [5, 5.41) is 3.11. The largest absolute Gasteiger partial charge is 0.399 e. The van der Waals surface area contributed by atoms with Crippen molar-refractivity contribution in [2.24, 2.45) is 0 Å². The molecule has 5 nitrogen and oxygen atoms in total. The normalized spacial score (nSPS) is 10.5. The van der Waals surface area contributed by atoms with Gasteiger partial charge in [0.05, 0.1) is 35.4 Å². The SMILES string of the molecule is COCCOCCNC(=O)c1cc(N)cc(Cl)c1Cl. The molecular formula is C12H16Cl2N2O3. The van der Waals surface area contributed by atoms with Gasteiger partial charge in [-0.15, -0.1) is 0 Å². The third kappa shape index (κ3) is 5.24. The molecule has 106 valence electrons. The van der Waals surface area contributed by atoms with Gasteiger partial charge in [-0.25, -0.2) is 0 Å². The molecule has 0 aliphatic heterocycles. The van der Waals surface area contributed by atoms with E-state index in [-0.39, 0.29) is 21.5 Å². The number of nitrogens with two attached hydrogens (primary N) is 1. The number of nitrogens with one attached hydrogen (secondary N) is 1. The highest BCUT2D eigenvalue weighted by molar-refractivity contribution is 6.44. The van der Waals surface area contributed by atoms with Gasteiger partial charge in [0.1, 0.15) is 0 Å². The Morgan fingerprint density at radius 2 is 2.05 bits per heavy atom. The van der Waals surface area contributed by atoms with E-state index in [4.69, 9.17) is 38.4 Å². The summed E-state index contributed by atoms with van der Waals surface area (Å²) in [5.74, 6) is -0.338. The van der Waals surface area contributed by atoms with E-state index in [9.17, 15) is 4.79 Å². The van der Waals surface area contributed by atoms with E-state index in [1.54, 1.807) is 7.11 Å². The van der Waals surface area contributed by atoms with Crippen molar-refractivity contribution in [2.45, 2.75) is 0 Å². The molecule has 0 saturated carbocycles. The molecule has 0 fully saturated rings. The smallest absolute Gasteiger partial charge is 0.253 e. The number of ether oxygens (including phenoxy) is 2. The lowest BCUT2D eigenvalue weighted by Crippen LogP contribution is -2.28. The highest BCUT2D eigenvalue weighted by Crippen LogP contribution is 2.28. The van der Waals surface area contributed by atoms with E-state index in [1.807, 2.05) is 0 Å². The fourth-order valence-corrected chi connectivity index (χ4v) is 1.77. The molecule has 0 spiro atoms. The Bertz CT molecular complexity index is 441. The standard InChI is InChI=1S/C12H16Cl2N2O3/c1-18-4-5-19-3-2-16-12(17)9-6-8(15)7-10(13)11(9)14/h6-7H,2-5,15H2,1H3,(H,16,17). The molecular weight excluding hydrogens is 291 g/mol. The van der Waals surface area contributed by atoms with Crippen LogP contribution >= 0.6 is 23.2 Å². The fourth-order valence-electron chi connectivity index (χ4n) is 1.35. The summed E-state index contributed by atoms with van der Waals surface area (Å²) >= 11 is 11.8. The Morgan fingerprint density at radius 1 is 1.32 bits per heavy atom. The van der Waals surface area contributed by atoms with Gasteiger partial charge in [0.25, 0.3) is 5.91 Å². The molecule has 0 saturated heterocycles. The molecule has 1 aromatic carbocycles. The van der Waals surface area contributed by atoms with Crippen LogP contribution in [-0.2, 0) is 9.47 Å². The summed E-state index contributed by atoms with van der Waals surface area (Å²) in [5.41, 5.74) is 6.25. The number of benzene rings is 1. The highest BCUT2D eigenvalue weighted by Gasteiger charge is 2.13. The number of carbonyl (C=O) groups excluding carboxylic acids is 1. The molecule has 0 radical (unpaired) electrons. The lowest BCUT2D eigenvalue weighted by Gasteiger charge is -2.09. The second-order valence-corrected chi connectivity index (χ2v) is 4.51. The van der Waals surface area contributed by atoms with Gasteiger partial charge in [0.2, 0.25) is 0 Å². The minimum absolute atomic E-state index is 0.189. The van der Waals surface area contributed by atoms with Crippen molar-refractivity contribution in [1.82, 2.24) is 5.32 Å². The van der Waals surface area contributed by atoms with Crippen LogP contribution in [0.25, 0.3) is 0 Å². The van der Waals surface area contributed by atoms with Gasteiger partial charge in [0.15, 0.2) is 0 Å². The van der Waals surface area contributed by atoms with E-state index in [1.165, 1.54) is 12.1 Å². The zero-order valence-corrected chi connectivity index (χ0v) is 12.1. The highest BCUT2D eigenvalue weighted by atomic mass is 35.5. The van der Waals surface area contributed by atoms with Crippen molar-refractivity contribution in [3.8, 4) is 0 Å². The van der Waals surface area contributed by atoms with E-state index in [0.717, 1.165) is 0 Å². The Morgan fingerprint density at radius 3 is 2.74 bits per heavy atom. The van der Waals surface area contributed by atoms with E-state index < -0.39 is 0 Å². The van der Waals surface area contributed by atoms with Crippen LogP contribution < -0.4 is 11.1 Å². The molecule has 1 amide bonds. The van der Waals surface area contributed by atoms with Gasteiger partial charge in [-0.2, -0.15) is 0 Å². The maximum Gasteiger partial charge on any atom is 0.253 e. The number of anilines is 1. The van der Waals surface area contributed by atoms with Crippen LogP contribution in [0.15, 0.2) is 12.1 Å². The van der Waals surface area contributed by atoms with Gasteiger partial charge in [-0.1, -0.05) is 23.2 Å². The van der Waals surface area contributed by atoms with Crippen LogP contribution in [0, 0.1) is 0 Å². The first-order valence-corrected chi connectivity index (χ1v) is 6.41. The monoisotopic (exact) mass is 306 g/mol. The molecule has 0 atom stereocenters. The van der Waals surface area contributed by atoms with Crippen LogP contribution in [0.2, 0.25) is 10.0 Å². The second-order valence-electron chi connectivity index (χ2n) is 3.73. The lowest BCUT2D eigenvalue weighted by molar-refractivity contribution is 0.0693. The molecule has 0 aliphatic carbocycles. The Hall–Kier alpha value is -1.01. The van der Waals surface area contributed by atoms with Crippen molar-refractivity contribution in [3.05, 3.63) is 27.7 Å². The van der Waals surface area contributed by atoms with Crippen molar-refractivity contribution >= 4 is 34.8 Å². The molecule has 0 unspecified atom stereocenters. The summed E-state index contributed by atoms with van der Waals surface area (Å²) < 4.78 is 10.0. The van der Waals surface area contributed by atoms with Crippen LogP contribution in [0.1, 0.15) is 10.4 Å². The predicted molar refractivity (Wildman–Crippen MR) is 75.9 cm³/mol. The number of nitrogen functional groups attached to an aromatic ring is 1. The topological polar surface area (TPSA) is 73.6 Å². The van der Waals surface area contributed by atoms with Crippen molar-refractivity contribution in [3.63, 3.8) is 0 Å². The van der Waals surface area contributed by atoms with Gasteiger partial charge in [-0.05, 0) is 12.1 Å². The summed E-state index contributed by atoms with van der Waals surface area (Å²) in [4.78, 5) is 11.9. The van der Waals surface area contributed by atoms with Gasteiger partial charge < -0.3 is 20.5 Å². The number of amides is 1. The molecule has 19 heavy (non-hydrogen) atoms. The summed E-state index contributed by atoms with van der Waals surface area (Å²) in [6, 6.07) is 2.98. The Balaban J connectivity index is 2.46. The van der Waals surface area contributed by atoms with E-state index >= 15 is 0 Å². The Kier molecular flexibility index (Phi) is 6.94. The number of halogens is 2. The quantitative estimate of drug-likeness (QED) is 0.596. The first-order valence-electron chi connectivity index (χ1n) is 5.65. The lowest BCUT2D eigenvalue weighted by atomic mass is 10.2. The Labute approximate surface area is 122 Å². The second kappa shape index (κ2) is 8.22. The number of hydrogen-bond acceptors (Lipinski definition) is 4. The number of carbonyl (C=O) groups is 1. The number of hydrogen-bond donors (Lipinski definition) is 2. The molecule has 0 bridgehead atoms. The van der Waals surface area contributed by atoms with Crippen LogP contribution in [0.5, 0.6) is 0 Å². The molecule has 0 heterocycles. The average molecular weight is 307 g/mol. The molecule has 1 rings (SSSR count). The summed E-state index contributed by atoms with van der Waals surface area (Å²) in [7, 11) is 1.59. The number of methoxy groups -OCH3 is 1. The van der Waals surface area contributed by atoms with Gasteiger partial charge in [0, 0.05) is 19.3 Å². The van der Waals surface area contributed by atoms with E-state index in [0.29, 0.717) is 32.1 Å². The average Bonchev–Trinajstić information content (AvgIpc) is 2.37. The fraction of sp³-hybridized carbons (Fsp3) is 0.417. The maximum atomic E-state index is 11.9. The third-order valence-corrected chi connectivity index (χ3v) is 3.06. The van der Waals surface area contributed by atoms with E-state index in [2.05, 4.69) is 5.32 Å². The zero-order chi connectivity index (χ0) is 14.3. The van der Waals surface area contributed by atoms with Crippen molar-refractivity contribution < 1.29 is 14.3 Å². The van der Waals surface area contributed by atoms with Crippen LogP contribution in [0.4, 0.5) is 5.69 Å². The van der Waals surface area contributed by atoms with Crippen molar-refractivity contribution in [1.29, 1.82) is 0 Å². The summed E-state index contributed by atoms with van der Waals surface area (Å²) in [6.07, 6.45) is 0. The summed E-state index contributed by atoms with van der Waals surface area (Å²) in [6.45, 7) is 1.76. The van der Waals surface area contributed by atoms with Crippen LogP contribution in [0.3, 0.4) is 0 Å². The molecule has 3 N–H and O–H groups in total. The predicted octanol–water partition coefficient (Wildman–Crippen LogP) is 1.97. The van der Waals surface area contributed by atoms with Crippen LogP contribution in [-0.4, -0.2) is 39.4 Å². The minimum Gasteiger partial charge on any atom is -0.399 e. The first-order chi connectivity index (χ1) is 9.06. The van der Waals surface area contributed by atoms with Gasteiger partial charge in [-0.3, -0.25) is 4.79 Å². The zero-order valence-electron chi connectivity index (χ0n) is 10.5. The molecule has 1 aromatic rings.